The molecule has 2 aliphatic heterocycles. The summed E-state index contributed by atoms with van der Waals surface area (Å²) in [5.41, 5.74) is 0.859. The quantitative estimate of drug-likeness (QED) is 0.500. The predicted octanol–water partition coefficient (Wildman–Crippen LogP) is 2.90. The van der Waals surface area contributed by atoms with Crippen molar-refractivity contribution in [2.75, 3.05) is 26.2 Å². The summed E-state index contributed by atoms with van der Waals surface area (Å²) in [6.07, 6.45) is 4.86. The van der Waals surface area contributed by atoms with Crippen molar-refractivity contribution < 1.29 is 19.4 Å². The van der Waals surface area contributed by atoms with Gasteiger partial charge in [-0.05, 0) is 56.5 Å². The van der Waals surface area contributed by atoms with E-state index in [0.29, 0.717) is 35.9 Å². The molecule has 2 fully saturated rings. The third-order valence-corrected chi connectivity index (χ3v) is 6.87. The molecule has 1 aromatic carbocycles. The van der Waals surface area contributed by atoms with Gasteiger partial charge in [-0.15, -0.1) is 0 Å². The maximum absolute atomic E-state index is 12.4. The predicted molar refractivity (Wildman–Crippen MR) is 125 cm³/mol. The summed E-state index contributed by atoms with van der Waals surface area (Å²) in [7, 11) is 0. The van der Waals surface area contributed by atoms with Gasteiger partial charge in [0.1, 0.15) is 6.10 Å². The number of carbonyl (C=O) groups is 2. The number of aliphatic hydroxyl groups is 1. The molecule has 2 saturated heterocycles. The van der Waals surface area contributed by atoms with E-state index < -0.39 is 6.10 Å². The van der Waals surface area contributed by atoms with Crippen molar-refractivity contribution in [1.29, 1.82) is 0 Å². The first-order chi connectivity index (χ1) is 15.4. The summed E-state index contributed by atoms with van der Waals surface area (Å²) in [6, 6.07) is 5.00. The number of halogens is 2. The third kappa shape index (κ3) is 7.89. The lowest BCUT2D eigenvalue weighted by atomic mass is 9.96. The minimum absolute atomic E-state index is 0.0135. The molecule has 0 unspecified atom stereocenters. The first-order valence-corrected chi connectivity index (χ1v) is 12.2. The summed E-state index contributed by atoms with van der Waals surface area (Å²) in [5, 5.41) is 16.5. The Morgan fingerprint density at radius 2 is 1.88 bits per heavy atom. The fourth-order valence-corrected chi connectivity index (χ4v) is 4.62. The van der Waals surface area contributed by atoms with Gasteiger partial charge in [0.2, 0.25) is 11.8 Å². The molecule has 0 aromatic heterocycles. The molecule has 0 bridgehead atoms. The molecule has 7 nitrogen and oxygen atoms in total. The highest BCUT2D eigenvalue weighted by atomic mass is 35.5. The van der Waals surface area contributed by atoms with Crippen molar-refractivity contribution in [1.82, 2.24) is 15.5 Å². The van der Waals surface area contributed by atoms with E-state index >= 15 is 0 Å². The van der Waals surface area contributed by atoms with Crippen LogP contribution in [0.1, 0.15) is 50.5 Å². The standard InChI is InChI=1S/C23H33Cl2N3O4/c24-18-6-4-16(12-19(18)25)14-26-23(31)13-17-5-7-20(21(15-29)32-17)27-22(30)8-11-28-9-2-1-3-10-28/h4,6,12,17,20-21,29H,1-3,5,7-11,13-15H2,(H,26,31)(H,27,30)/t17-,20-,21+/m0/s1. The van der Waals surface area contributed by atoms with Crippen LogP contribution in [0.4, 0.5) is 0 Å². The molecule has 0 aliphatic carbocycles. The van der Waals surface area contributed by atoms with Gasteiger partial charge < -0.3 is 25.4 Å². The fourth-order valence-electron chi connectivity index (χ4n) is 4.30. The van der Waals surface area contributed by atoms with Crippen LogP contribution in [0.15, 0.2) is 18.2 Å². The van der Waals surface area contributed by atoms with Gasteiger partial charge in [-0.3, -0.25) is 9.59 Å². The lowest BCUT2D eigenvalue weighted by molar-refractivity contribution is -0.136. The molecule has 1 aromatic rings. The summed E-state index contributed by atoms with van der Waals surface area (Å²) in [6.45, 7) is 3.05. The fraction of sp³-hybridized carbons (Fsp3) is 0.652. The number of benzene rings is 1. The number of carbonyl (C=O) groups excluding carboxylic acids is 2. The zero-order valence-electron chi connectivity index (χ0n) is 18.3. The molecular formula is C23H33Cl2N3O4. The number of piperidine rings is 1. The van der Waals surface area contributed by atoms with Gasteiger partial charge in [0, 0.05) is 19.5 Å². The second-order valence-electron chi connectivity index (χ2n) is 8.61. The van der Waals surface area contributed by atoms with Gasteiger partial charge in [0.15, 0.2) is 0 Å². The van der Waals surface area contributed by atoms with Gasteiger partial charge in [0.05, 0.1) is 35.2 Å². The Morgan fingerprint density at radius 1 is 1.09 bits per heavy atom. The van der Waals surface area contributed by atoms with Crippen LogP contribution in [-0.2, 0) is 20.9 Å². The molecule has 3 atom stereocenters. The molecule has 9 heteroatoms. The number of nitrogens with one attached hydrogen (secondary N) is 2. The Morgan fingerprint density at radius 3 is 2.59 bits per heavy atom. The van der Waals surface area contributed by atoms with E-state index in [1.54, 1.807) is 12.1 Å². The van der Waals surface area contributed by atoms with Crippen LogP contribution in [0.5, 0.6) is 0 Å². The number of likely N-dealkylation sites (tertiary alicyclic amines) is 1. The number of nitrogens with zero attached hydrogens (tertiary/aromatic N) is 1. The Labute approximate surface area is 199 Å². The summed E-state index contributed by atoms with van der Waals surface area (Å²) < 4.78 is 5.93. The van der Waals surface area contributed by atoms with Gasteiger partial charge >= 0.3 is 0 Å². The summed E-state index contributed by atoms with van der Waals surface area (Å²) in [5.74, 6) is -0.151. The second-order valence-corrected chi connectivity index (χ2v) is 9.43. The minimum Gasteiger partial charge on any atom is -0.394 e. The van der Waals surface area contributed by atoms with Crippen molar-refractivity contribution >= 4 is 35.0 Å². The van der Waals surface area contributed by atoms with Crippen molar-refractivity contribution in [3.05, 3.63) is 33.8 Å². The van der Waals surface area contributed by atoms with E-state index in [-0.39, 0.29) is 37.0 Å². The van der Waals surface area contributed by atoms with Crippen LogP contribution in [-0.4, -0.2) is 66.3 Å². The van der Waals surface area contributed by atoms with E-state index in [2.05, 4.69) is 15.5 Å². The van der Waals surface area contributed by atoms with E-state index in [4.69, 9.17) is 27.9 Å². The van der Waals surface area contributed by atoms with Crippen molar-refractivity contribution in [3.8, 4) is 0 Å². The maximum atomic E-state index is 12.4. The van der Waals surface area contributed by atoms with Crippen molar-refractivity contribution in [2.45, 2.75) is 69.7 Å². The lowest BCUT2D eigenvalue weighted by Gasteiger charge is -2.36. The molecule has 2 aliphatic rings. The average molecular weight is 486 g/mol. The second kappa shape index (κ2) is 12.8. The molecule has 2 heterocycles. The van der Waals surface area contributed by atoms with Crippen molar-refractivity contribution in [2.24, 2.45) is 0 Å². The number of hydrogen-bond acceptors (Lipinski definition) is 5. The average Bonchev–Trinajstić information content (AvgIpc) is 2.80. The molecule has 32 heavy (non-hydrogen) atoms. The van der Waals surface area contributed by atoms with E-state index in [1.807, 2.05) is 6.07 Å². The molecule has 3 N–H and O–H groups in total. The van der Waals surface area contributed by atoms with Crippen LogP contribution in [0.3, 0.4) is 0 Å². The Kier molecular flexibility index (Phi) is 10.1. The van der Waals surface area contributed by atoms with E-state index in [0.717, 1.165) is 25.2 Å². The molecule has 3 rings (SSSR count). The zero-order valence-corrected chi connectivity index (χ0v) is 19.8. The Bertz CT molecular complexity index is 774. The normalized spacial score (nSPS) is 24.2. The number of amides is 2. The van der Waals surface area contributed by atoms with E-state index in [1.165, 1.54) is 19.3 Å². The molecular weight excluding hydrogens is 453 g/mol. The maximum Gasteiger partial charge on any atom is 0.222 e. The minimum atomic E-state index is -0.504. The number of rotatable bonds is 9. The summed E-state index contributed by atoms with van der Waals surface area (Å²) >= 11 is 11.9. The zero-order chi connectivity index (χ0) is 22.9. The topological polar surface area (TPSA) is 90.9 Å². The molecule has 0 radical (unpaired) electrons. The largest absolute Gasteiger partial charge is 0.394 e. The molecule has 178 valence electrons. The highest BCUT2D eigenvalue weighted by molar-refractivity contribution is 6.42. The first kappa shape index (κ1) is 25.2. The Balaban J connectivity index is 1.38. The SMILES string of the molecule is O=C(C[C@@H]1CC[C@H](NC(=O)CCN2CCCCC2)[C@@H](CO)O1)NCc1ccc(Cl)c(Cl)c1. The van der Waals surface area contributed by atoms with Gasteiger partial charge in [-0.1, -0.05) is 35.7 Å². The van der Waals surface area contributed by atoms with Gasteiger partial charge in [0.25, 0.3) is 0 Å². The highest BCUT2D eigenvalue weighted by Gasteiger charge is 2.32. The number of ether oxygens (including phenoxy) is 1. The van der Waals surface area contributed by atoms with Gasteiger partial charge in [-0.2, -0.15) is 0 Å². The molecule has 0 spiro atoms. The van der Waals surface area contributed by atoms with E-state index in [9.17, 15) is 14.7 Å². The van der Waals surface area contributed by atoms with Crippen LogP contribution in [0, 0.1) is 0 Å². The van der Waals surface area contributed by atoms with Crippen molar-refractivity contribution in [3.63, 3.8) is 0 Å². The number of hydrogen-bond donors (Lipinski definition) is 3. The molecule has 0 saturated carbocycles. The summed E-state index contributed by atoms with van der Waals surface area (Å²) in [4.78, 5) is 27.1. The van der Waals surface area contributed by atoms with Gasteiger partial charge in [-0.25, -0.2) is 0 Å². The smallest absolute Gasteiger partial charge is 0.222 e. The lowest BCUT2D eigenvalue weighted by Crippen LogP contribution is -2.51. The number of aliphatic hydroxyl groups excluding tert-OH is 1. The Hall–Kier alpha value is -1.38. The first-order valence-electron chi connectivity index (χ1n) is 11.4. The van der Waals surface area contributed by atoms with Crippen LogP contribution in [0.25, 0.3) is 0 Å². The van der Waals surface area contributed by atoms with Crippen LogP contribution < -0.4 is 10.6 Å². The molecule has 2 amide bonds. The van der Waals surface area contributed by atoms with Crippen LogP contribution >= 0.6 is 23.2 Å². The monoisotopic (exact) mass is 485 g/mol. The highest BCUT2D eigenvalue weighted by Crippen LogP contribution is 2.24. The third-order valence-electron chi connectivity index (χ3n) is 6.13. The van der Waals surface area contributed by atoms with Crippen LogP contribution in [0.2, 0.25) is 10.0 Å².